The minimum atomic E-state index is -0.0697. The highest BCUT2D eigenvalue weighted by Gasteiger charge is 2.29. The maximum atomic E-state index is 12.8. The highest BCUT2D eigenvalue weighted by Crippen LogP contribution is 2.25. The van der Waals surface area contributed by atoms with Crippen LogP contribution in [0.15, 0.2) is 18.2 Å². The second-order valence-corrected chi connectivity index (χ2v) is 7.41. The lowest BCUT2D eigenvalue weighted by molar-refractivity contribution is 0.0764. The molecular weight excluding hydrogens is 330 g/mol. The monoisotopic (exact) mass is 361 g/mol. The second-order valence-electron chi connectivity index (χ2n) is 7.41. The Hall–Kier alpha value is -1.79. The molecule has 1 unspecified atom stereocenters. The number of nitrogens with zero attached hydrogens (tertiary/aromatic N) is 2. The first kappa shape index (κ1) is 19.0. The van der Waals surface area contributed by atoms with E-state index >= 15 is 0 Å². The molecule has 2 aliphatic heterocycles. The van der Waals surface area contributed by atoms with Crippen molar-refractivity contribution < 1.29 is 14.3 Å². The van der Waals surface area contributed by atoms with Crippen molar-refractivity contribution in [1.29, 1.82) is 0 Å². The molecule has 2 fully saturated rings. The van der Waals surface area contributed by atoms with E-state index in [4.69, 9.17) is 9.47 Å². The van der Waals surface area contributed by atoms with Crippen LogP contribution in [0.25, 0.3) is 0 Å². The zero-order chi connectivity index (χ0) is 18.5. The summed E-state index contributed by atoms with van der Waals surface area (Å²) in [5, 5.41) is 3.21. The number of nitrogens with one attached hydrogen (secondary N) is 1. The van der Waals surface area contributed by atoms with Gasteiger partial charge in [0.1, 0.15) is 11.5 Å². The topological polar surface area (TPSA) is 54.0 Å². The molecular formula is C20H31N3O3. The maximum absolute atomic E-state index is 12.8. The maximum Gasteiger partial charge on any atom is 0.255 e. The minimum Gasteiger partial charge on any atom is -0.497 e. The fourth-order valence-corrected chi connectivity index (χ4v) is 4.07. The number of methoxy groups -OCH3 is 2. The van der Waals surface area contributed by atoms with Crippen LogP contribution in [-0.2, 0) is 0 Å². The lowest BCUT2D eigenvalue weighted by atomic mass is 9.98. The molecule has 1 aromatic rings. The van der Waals surface area contributed by atoms with Gasteiger partial charge in [-0.2, -0.15) is 0 Å². The summed E-state index contributed by atoms with van der Waals surface area (Å²) in [4.78, 5) is 17.7. The van der Waals surface area contributed by atoms with Crippen molar-refractivity contribution >= 4 is 5.91 Å². The number of amides is 1. The molecule has 2 heterocycles. The van der Waals surface area contributed by atoms with E-state index in [1.165, 1.54) is 25.9 Å². The summed E-state index contributed by atoms with van der Waals surface area (Å²) in [6.45, 7) is 4.42. The summed E-state index contributed by atoms with van der Waals surface area (Å²) in [5.74, 6) is 1.16. The van der Waals surface area contributed by atoms with E-state index in [0.29, 0.717) is 23.1 Å². The molecule has 0 bridgehead atoms. The fraction of sp³-hybridized carbons (Fsp3) is 0.650. The molecule has 144 valence electrons. The van der Waals surface area contributed by atoms with Crippen molar-refractivity contribution in [3.8, 4) is 11.5 Å². The molecule has 0 aromatic heterocycles. The standard InChI is InChI=1S/C20H31N3O3/c1-22-11-8-16(9-12-22)23-10-4-5-15(14-23)21-20(24)18-7-6-17(25-2)13-19(18)26-3/h6-7,13,15-16H,4-5,8-12,14H2,1-3H3,(H,21,24). The second kappa shape index (κ2) is 8.73. The Bertz CT molecular complexity index is 614. The van der Waals surface area contributed by atoms with E-state index in [1.54, 1.807) is 32.4 Å². The Balaban J connectivity index is 1.60. The lowest BCUT2D eigenvalue weighted by Crippen LogP contribution is -2.53. The molecule has 26 heavy (non-hydrogen) atoms. The Morgan fingerprint density at radius 1 is 1.12 bits per heavy atom. The number of ether oxygens (including phenoxy) is 2. The van der Waals surface area contributed by atoms with Crippen LogP contribution in [0.2, 0.25) is 0 Å². The normalized spacial score (nSPS) is 22.8. The fourth-order valence-electron chi connectivity index (χ4n) is 4.07. The van der Waals surface area contributed by atoms with Crippen molar-refractivity contribution in [3.63, 3.8) is 0 Å². The average molecular weight is 361 g/mol. The summed E-state index contributed by atoms with van der Waals surface area (Å²) in [6.07, 6.45) is 4.62. The Morgan fingerprint density at radius 2 is 1.88 bits per heavy atom. The summed E-state index contributed by atoms with van der Waals surface area (Å²) >= 11 is 0. The van der Waals surface area contributed by atoms with Crippen LogP contribution in [0.4, 0.5) is 0 Å². The first-order valence-electron chi connectivity index (χ1n) is 9.56. The van der Waals surface area contributed by atoms with Crippen LogP contribution >= 0.6 is 0 Å². The number of hydrogen-bond acceptors (Lipinski definition) is 5. The smallest absolute Gasteiger partial charge is 0.255 e. The summed E-state index contributed by atoms with van der Waals surface area (Å²) in [6, 6.07) is 6.16. The number of rotatable bonds is 5. The van der Waals surface area contributed by atoms with Gasteiger partial charge in [-0.05, 0) is 64.5 Å². The van der Waals surface area contributed by atoms with Crippen LogP contribution in [-0.4, -0.2) is 75.2 Å². The highest BCUT2D eigenvalue weighted by atomic mass is 16.5. The first-order chi connectivity index (χ1) is 12.6. The van der Waals surface area contributed by atoms with E-state index in [1.807, 2.05) is 0 Å². The highest BCUT2D eigenvalue weighted by molar-refractivity contribution is 5.97. The predicted octanol–water partition coefficient (Wildman–Crippen LogP) is 1.99. The van der Waals surface area contributed by atoms with E-state index in [0.717, 1.165) is 25.9 Å². The molecule has 2 saturated heterocycles. The third-order valence-electron chi connectivity index (χ3n) is 5.65. The average Bonchev–Trinajstić information content (AvgIpc) is 2.68. The van der Waals surface area contributed by atoms with Crippen LogP contribution in [0.3, 0.4) is 0 Å². The molecule has 0 radical (unpaired) electrons. The largest absolute Gasteiger partial charge is 0.497 e. The van der Waals surface area contributed by atoms with Gasteiger partial charge < -0.3 is 19.7 Å². The number of piperidine rings is 2. The lowest BCUT2D eigenvalue weighted by Gasteiger charge is -2.41. The van der Waals surface area contributed by atoms with Crippen molar-refractivity contribution in [2.24, 2.45) is 0 Å². The molecule has 0 spiro atoms. The Kier molecular flexibility index (Phi) is 6.38. The molecule has 3 rings (SSSR count). The Morgan fingerprint density at radius 3 is 2.58 bits per heavy atom. The van der Waals surface area contributed by atoms with Gasteiger partial charge in [-0.3, -0.25) is 9.69 Å². The van der Waals surface area contributed by atoms with E-state index in [2.05, 4.69) is 22.2 Å². The molecule has 0 aliphatic carbocycles. The van der Waals surface area contributed by atoms with Crippen LogP contribution in [0.5, 0.6) is 11.5 Å². The van der Waals surface area contributed by atoms with Crippen LogP contribution in [0.1, 0.15) is 36.0 Å². The molecule has 0 saturated carbocycles. The number of carbonyl (C=O) groups excluding carboxylic acids is 1. The van der Waals surface area contributed by atoms with Crippen molar-refractivity contribution in [1.82, 2.24) is 15.1 Å². The molecule has 6 heteroatoms. The van der Waals surface area contributed by atoms with Crippen molar-refractivity contribution in [2.45, 2.75) is 37.8 Å². The van der Waals surface area contributed by atoms with Gasteiger partial charge in [0.05, 0.1) is 19.8 Å². The third-order valence-corrected chi connectivity index (χ3v) is 5.65. The van der Waals surface area contributed by atoms with Gasteiger partial charge in [-0.1, -0.05) is 0 Å². The molecule has 1 amide bonds. The van der Waals surface area contributed by atoms with Crippen molar-refractivity contribution in [2.75, 3.05) is 47.4 Å². The van der Waals surface area contributed by atoms with Crippen LogP contribution in [0, 0.1) is 0 Å². The van der Waals surface area contributed by atoms with Crippen molar-refractivity contribution in [3.05, 3.63) is 23.8 Å². The van der Waals surface area contributed by atoms with Gasteiger partial charge in [0.25, 0.3) is 5.91 Å². The number of benzene rings is 1. The van der Waals surface area contributed by atoms with Gasteiger partial charge >= 0.3 is 0 Å². The van der Waals surface area contributed by atoms with E-state index in [-0.39, 0.29) is 11.9 Å². The molecule has 1 N–H and O–H groups in total. The molecule has 1 atom stereocenters. The predicted molar refractivity (Wildman–Crippen MR) is 102 cm³/mol. The summed E-state index contributed by atoms with van der Waals surface area (Å²) < 4.78 is 10.6. The number of likely N-dealkylation sites (tertiary alicyclic amines) is 2. The molecule has 2 aliphatic rings. The quantitative estimate of drug-likeness (QED) is 0.869. The summed E-state index contributed by atoms with van der Waals surface area (Å²) in [5.41, 5.74) is 0.560. The van der Waals surface area contributed by atoms with Gasteiger partial charge in [0.15, 0.2) is 0 Å². The molecule has 6 nitrogen and oxygen atoms in total. The molecule has 1 aromatic carbocycles. The van der Waals surface area contributed by atoms with Crippen LogP contribution < -0.4 is 14.8 Å². The van der Waals surface area contributed by atoms with Gasteiger partial charge in [-0.15, -0.1) is 0 Å². The minimum absolute atomic E-state index is 0.0697. The first-order valence-corrected chi connectivity index (χ1v) is 9.56. The van der Waals surface area contributed by atoms with Gasteiger partial charge in [0, 0.05) is 24.7 Å². The van der Waals surface area contributed by atoms with E-state index < -0.39 is 0 Å². The SMILES string of the molecule is COc1ccc(C(=O)NC2CCCN(C3CCN(C)CC3)C2)c(OC)c1. The summed E-state index contributed by atoms with van der Waals surface area (Å²) in [7, 11) is 5.37. The zero-order valence-corrected chi connectivity index (χ0v) is 16.2. The van der Waals surface area contributed by atoms with Gasteiger partial charge in [0.2, 0.25) is 0 Å². The van der Waals surface area contributed by atoms with Gasteiger partial charge in [-0.25, -0.2) is 0 Å². The number of hydrogen-bond donors (Lipinski definition) is 1. The Labute approximate surface area is 156 Å². The zero-order valence-electron chi connectivity index (χ0n) is 16.2. The third kappa shape index (κ3) is 4.48. The number of carbonyl (C=O) groups is 1. The van der Waals surface area contributed by atoms with E-state index in [9.17, 15) is 4.79 Å².